The summed E-state index contributed by atoms with van der Waals surface area (Å²) in [5.74, 6) is -2.50. The summed E-state index contributed by atoms with van der Waals surface area (Å²) < 4.78 is 44.3. The molecule has 0 aliphatic rings. The number of hydrogen-bond donors (Lipinski definition) is 1. The van der Waals surface area contributed by atoms with Crippen LogP contribution in [-0.4, -0.2) is 22.6 Å². The highest BCUT2D eigenvalue weighted by atomic mass is 19.2. The number of nitrogens with one attached hydrogen (secondary N) is 1. The molecule has 3 aromatic rings. The van der Waals surface area contributed by atoms with Crippen LogP contribution in [0.15, 0.2) is 46.9 Å². The first-order valence-electron chi connectivity index (χ1n) is 7.34. The largest absolute Gasteiger partial charge is 0.421 e. The average Bonchev–Trinajstić information content (AvgIpc) is 3.06. The summed E-state index contributed by atoms with van der Waals surface area (Å²) in [6.45, 7) is 0.170. The van der Waals surface area contributed by atoms with E-state index in [0.717, 1.165) is 12.1 Å². The van der Waals surface area contributed by atoms with Crippen LogP contribution in [0.1, 0.15) is 16.2 Å². The zero-order chi connectivity index (χ0) is 17.8. The fourth-order valence-corrected chi connectivity index (χ4v) is 2.09. The summed E-state index contributed by atoms with van der Waals surface area (Å²) in [4.78, 5) is 11.9. The van der Waals surface area contributed by atoms with Crippen molar-refractivity contribution in [3.8, 4) is 11.5 Å². The van der Waals surface area contributed by atoms with E-state index in [-0.39, 0.29) is 36.1 Å². The minimum absolute atomic E-state index is 0.0106. The highest BCUT2D eigenvalue weighted by Crippen LogP contribution is 2.18. The van der Waals surface area contributed by atoms with Gasteiger partial charge in [0.15, 0.2) is 11.6 Å². The van der Waals surface area contributed by atoms with Crippen molar-refractivity contribution in [3.05, 3.63) is 71.4 Å². The lowest BCUT2D eigenvalue weighted by Crippen LogP contribution is -2.25. The first-order valence-corrected chi connectivity index (χ1v) is 7.34. The van der Waals surface area contributed by atoms with Gasteiger partial charge in [0, 0.05) is 24.1 Å². The lowest BCUT2D eigenvalue weighted by molar-refractivity contribution is 0.0953. The number of halogens is 3. The maximum absolute atomic E-state index is 13.1. The molecule has 0 aliphatic carbocycles. The molecule has 0 radical (unpaired) electrons. The van der Waals surface area contributed by atoms with Crippen LogP contribution in [0.4, 0.5) is 13.2 Å². The number of nitrogens with zero attached hydrogens (tertiary/aromatic N) is 2. The highest BCUT2D eigenvalue weighted by molar-refractivity contribution is 5.94. The summed E-state index contributed by atoms with van der Waals surface area (Å²) in [6.07, 6.45) is 0.254. The molecule has 0 spiro atoms. The maximum atomic E-state index is 13.1. The first kappa shape index (κ1) is 16.7. The van der Waals surface area contributed by atoms with Crippen LogP contribution >= 0.6 is 0 Å². The van der Waals surface area contributed by atoms with Crippen LogP contribution in [0.5, 0.6) is 0 Å². The van der Waals surface area contributed by atoms with Gasteiger partial charge in [0.05, 0.1) is 0 Å². The quantitative estimate of drug-likeness (QED) is 0.770. The normalized spacial score (nSPS) is 10.7. The molecule has 0 atom stereocenters. The van der Waals surface area contributed by atoms with E-state index in [4.69, 9.17) is 4.42 Å². The van der Waals surface area contributed by atoms with Crippen molar-refractivity contribution in [3.63, 3.8) is 0 Å². The second-order valence-corrected chi connectivity index (χ2v) is 5.14. The van der Waals surface area contributed by atoms with Gasteiger partial charge in [0.25, 0.3) is 5.91 Å². The molecule has 0 aliphatic heterocycles. The van der Waals surface area contributed by atoms with Crippen molar-refractivity contribution >= 4 is 5.91 Å². The number of aromatic nitrogens is 2. The van der Waals surface area contributed by atoms with Crippen molar-refractivity contribution in [2.45, 2.75) is 6.42 Å². The number of amides is 1. The average molecular weight is 347 g/mol. The van der Waals surface area contributed by atoms with E-state index < -0.39 is 17.5 Å². The zero-order valence-corrected chi connectivity index (χ0v) is 12.8. The fourth-order valence-electron chi connectivity index (χ4n) is 2.09. The standard InChI is InChI=1S/C17H12F3N3O2/c18-12-4-1-10(2-5-12)17-23-22-15(25-17)7-8-21-16(24)11-3-6-13(19)14(20)9-11/h1-6,9H,7-8H2,(H,21,24). The minimum atomic E-state index is -1.09. The Hall–Kier alpha value is -3.16. The summed E-state index contributed by atoms with van der Waals surface area (Å²) >= 11 is 0. The van der Waals surface area contributed by atoms with E-state index in [1.165, 1.54) is 30.3 Å². The zero-order valence-electron chi connectivity index (χ0n) is 12.8. The number of hydrogen-bond acceptors (Lipinski definition) is 4. The van der Waals surface area contributed by atoms with Crippen molar-refractivity contribution < 1.29 is 22.4 Å². The van der Waals surface area contributed by atoms with E-state index in [0.29, 0.717) is 5.56 Å². The van der Waals surface area contributed by atoms with E-state index in [1.807, 2.05) is 0 Å². The molecule has 128 valence electrons. The minimum Gasteiger partial charge on any atom is -0.421 e. The Morgan fingerprint density at radius 2 is 1.76 bits per heavy atom. The number of carbonyl (C=O) groups excluding carboxylic acids is 1. The molecule has 0 unspecified atom stereocenters. The van der Waals surface area contributed by atoms with Gasteiger partial charge in [-0.15, -0.1) is 10.2 Å². The molecule has 3 rings (SSSR count). The molecule has 2 aromatic carbocycles. The molecule has 1 heterocycles. The van der Waals surface area contributed by atoms with Gasteiger partial charge in [-0.1, -0.05) is 0 Å². The summed E-state index contributed by atoms with van der Waals surface area (Å²) in [5.41, 5.74) is 0.586. The van der Waals surface area contributed by atoms with Crippen LogP contribution < -0.4 is 5.32 Å². The van der Waals surface area contributed by atoms with Crippen LogP contribution in [0.3, 0.4) is 0 Å². The van der Waals surface area contributed by atoms with Gasteiger partial charge in [-0.3, -0.25) is 4.79 Å². The number of rotatable bonds is 5. The van der Waals surface area contributed by atoms with Crippen molar-refractivity contribution in [2.24, 2.45) is 0 Å². The predicted molar refractivity (Wildman–Crippen MR) is 82.1 cm³/mol. The Bertz CT molecular complexity index is 894. The van der Waals surface area contributed by atoms with E-state index >= 15 is 0 Å². The SMILES string of the molecule is O=C(NCCc1nnc(-c2ccc(F)cc2)o1)c1ccc(F)c(F)c1. The molecular formula is C17H12F3N3O2. The predicted octanol–water partition coefficient (Wildman–Crippen LogP) is 3.13. The number of carbonyl (C=O) groups is 1. The molecule has 1 amide bonds. The van der Waals surface area contributed by atoms with E-state index in [9.17, 15) is 18.0 Å². The van der Waals surface area contributed by atoms with E-state index in [2.05, 4.69) is 15.5 Å². The first-order chi connectivity index (χ1) is 12.0. The molecule has 1 aromatic heterocycles. The topological polar surface area (TPSA) is 68.0 Å². The van der Waals surface area contributed by atoms with Crippen molar-refractivity contribution in [2.75, 3.05) is 6.54 Å². The molecule has 5 nitrogen and oxygen atoms in total. The van der Waals surface area contributed by atoms with Gasteiger partial charge in [-0.25, -0.2) is 13.2 Å². The third-order valence-electron chi connectivity index (χ3n) is 3.36. The van der Waals surface area contributed by atoms with Crippen LogP contribution in [0.2, 0.25) is 0 Å². The monoisotopic (exact) mass is 347 g/mol. The lowest BCUT2D eigenvalue weighted by atomic mass is 10.2. The van der Waals surface area contributed by atoms with Gasteiger partial charge in [0.1, 0.15) is 5.82 Å². The summed E-state index contributed by atoms with van der Waals surface area (Å²) in [6, 6.07) is 8.48. The smallest absolute Gasteiger partial charge is 0.251 e. The molecule has 25 heavy (non-hydrogen) atoms. The maximum Gasteiger partial charge on any atom is 0.251 e. The molecular weight excluding hydrogens is 335 g/mol. The summed E-state index contributed by atoms with van der Waals surface area (Å²) in [5, 5.41) is 10.2. The van der Waals surface area contributed by atoms with Crippen molar-refractivity contribution in [1.82, 2.24) is 15.5 Å². The lowest BCUT2D eigenvalue weighted by Gasteiger charge is -2.04. The van der Waals surface area contributed by atoms with Crippen LogP contribution in [0, 0.1) is 17.5 Å². The third kappa shape index (κ3) is 4.03. The second kappa shape index (κ2) is 7.16. The summed E-state index contributed by atoms with van der Waals surface area (Å²) in [7, 11) is 0. The molecule has 0 fully saturated rings. The third-order valence-corrected chi connectivity index (χ3v) is 3.36. The Morgan fingerprint density at radius 3 is 2.48 bits per heavy atom. The van der Waals surface area contributed by atoms with Gasteiger partial charge in [0.2, 0.25) is 11.8 Å². The fraction of sp³-hybridized carbons (Fsp3) is 0.118. The van der Waals surface area contributed by atoms with Gasteiger partial charge in [-0.05, 0) is 42.5 Å². The highest BCUT2D eigenvalue weighted by Gasteiger charge is 2.11. The van der Waals surface area contributed by atoms with Crippen molar-refractivity contribution in [1.29, 1.82) is 0 Å². The second-order valence-electron chi connectivity index (χ2n) is 5.14. The Labute approximate surface area is 140 Å². The van der Waals surface area contributed by atoms with Crippen LogP contribution in [0.25, 0.3) is 11.5 Å². The molecule has 0 saturated heterocycles. The van der Waals surface area contributed by atoms with Gasteiger partial charge >= 0.3 is 0 Å². The Kier molecular flexibility index (Phi) is 4.78. The molecule has 1 N–H and O–H groups in total. The Balaban J connectivity index is 1.56. The number of benzene rings is 2. The van der Waals surface area contributed by atoms with E-state index in [1.54, 1.807) is 0 Å². The molecule has 0 bridgehead atoms. The van der Waals surface area contributed by atoms with Gasteiger partial charge in [-0.2, -0.15) is 0 Å². The van der Waals surface area contributed by atoms with Crippen LogP contribution in [-0.2, 0) is 6.42 Å². The Morgan fingerprint density at radius 1 is 1.00 bits per heavy atom. The molecule has 0 saturated carbocycles. The molecule has 8 heteroatoms. The van der Waals surface area contributed by atoms with Gasteiger partial charge < -0.3 is 9.73 Å².